The first-order valence-corrected chi connectivity index (χ1v) is 14.4. The quantitative estimate of drug-likeness (QED) is 0.303. The van der Waals surface area contributed by atoms with E-state index < -0.39 is 12.1 Å². The van der Waals surface area contributed by atoms with Crippen LogP contribution in [-0.4, -0.2) is 60.2 Å². The predicted molar refractivity (Wildman–Crippen MR) is 160 cm³/mol. The largest absolute Gasteiger partial charge is 0.354 e. The Hall–Kier alpha value is -3.68. The minimum atomic E-state index is -0.733. The molecule has 0 bridgehead atoms. The van der Waals surface area contributed by atoms with E-state index in [0.717, 1.165) is 36.8 Å². The lowest BCUT2D eigenvalue weighted by atomic mass is 10.0. The van der Waals surface area contributed by atoms with Crippen LogP contribution in [0.15, 0.2) is 54.6 Å². The van der Waals surface area contributed by atoms with Gasteiger partial charge in [0.2, 0.25) is 23.6 Å². The van der Waals surface area contributed by atoms with E-state index in [0.29, 0.717) is 25.2 Å². The molecule has 218 valence electrons. The maximum absolute atomic E-state index is 13.7. The molecular formula is C32H46N4O4. The van der Waals surface area contributed by atoms with Gasteiger partial charge < -0.3 is 20.4 Å². The first kappa shape index (κ1) is 32.5. The molecule has 8 heteroatoms. The highest BCUT2D eigenvalue weighted by molar-refractivity contribution is 5.98. The molecule has 0 radical (unpaired) electrons. The lowest BCUT2D eigenvalue weighted by Crippen LogP contribution is -2.51. The maximum Gasteiger partial charge on any atom is 0.246 e. The summed E-state index contributed by atoms with van der Waals surface area (Å²) in [6, 6.07) is 15.9. The topological polar surface area (TPSA) is 98.8 Å². The number of aryl methyl sites for hydroxylation is 1. The van der Waals surface area contributed by atoms with Crippen molar-refractivity contribution in [3.63, 3.8) is 0 Å². The van der Waals surface area contributed by atoms with Crippen LogP contribution in [0, 0.1) is 6.92 Å². The van der Waals surface area contributed by atoms with Crippen molar-refractivity contribution in [1.82, 2.24) is 15.5 Å². The van der Waals surface area contributed by atoms with E-state index >= 15 is 0 Å². The number of carbonyl (C=O) groups is 4. The summed E-state index contributed by atoms with van der Waals surface area (Å²) in [5.74, 6) is -0.952. The Morgan fingerprint density at radius 1 is 0.900 bits per heavy atom. The Bertz CT molecular complexity index is 1110. The summed E-state index contributed by atoms with van der Waals surface area (Å²) < 4.78 is 0. The van der Waals surface area contributed by atoms with Crippen LogP contribution >= 0.6 is 0 Å². The number of benzene rings is 2. The number of anilines is 1. The molecule has 0 spiro atoms. The van der Waals surface area contributed by atoms with Crippen molar-refractivity contribution >= 4 is 29.3 Å². The van der Waals surface area contributed by atoms with Gasteiger partial charge in [-0.25, -0.2) is 0 Å². The molecule has 0 aromatic heterocycles. The number of rotatable bonds is 16. The molecule has 2 rings (SSSR count). The number of nitrogens with zero attached hydrogens (tertiary/aromatic N) is 2. The highest BCUT2D eigenvalue weighted by Gasteiger charge is 2.29. The van der Waals surface area contributed by atoms with Crippen molar-refractivity contribution in [3.8, 4) is 0 Å². The van der Waals surface area contributed by atoms with E-state index in [1.54, 1.807) is 9.80 Å². The van der Waals surface area contributed by atoms with E-state index in [1.165, 1.54) is 6.92 Å². The lowest BCUT2D eigenvalue weighted by molar-refractivity contribution is -0.133. The minimum absolute atomic E-state index is 0.00261. The molecule has 0 saturated carbocycles. The van der Waals surface area contributed by atoms with Crippen molar-refractivity contribution in [1.29, 1.82) is 0 Å². The van der Waals surface area contributed by atoms with E-state index in [1.807, 2.05) is 75.4 Å². The summed E-state index contributed by atoms with van der Waals surface area (Å²) in [5, 5.41) is 5.85. The summed E-state index contributed by atoms with van der Waals surface area (Å²) in [4.78, 5) is 55.4. The Labute approximate surface area is 239 Å². The van der Waals surface area contributed by atoms with Gasteiger partial charge in [-0.1, -0.05) is 75.2 Å². The van der Waals surface area contributed by atoms with Gasteiger partial charge in [0.25, 0.3) is 0 Å². The summed E-state index contributed by atoms with van der Waals surface area (Å²) in [6.45, 7) is 10.3. The van der Waals surface area contributed by atoms with Gasteiger partial charge in [-0.2, -0.15) is 0 Å². The average molecular weight is 551 g/mol. The van der Waals surface area contributed by atoms with Crippen molar-refractivity contribution in [3.05, 3.63) is 65.7 Å². The van der Waals surface area contributed by atoms with E-state index in [2.05, 4.69) is 17.6 Å². The third-order valence-electron chi connectivity index (χ3n) is 6.88. The first-order valence-electron chi connectivity index (χ1n) is 14.4. The number of para-hydroxylation sites is 1. The molecule has 0 aliphatic rings. The number of hydrogen-bond donors (Lipinski definition) is 2. The Balaban J connectivity index is 2.23. The number of nitrogens with one attached hydrogen (secondary N) is 2. The molecule has 4 amide bonds. The number of hydrogen-bond acceptors (Lipinski definition) is 4. The van der Waals surface area contributed by atoms with Crippen LogP contribution < -0.4 is 15.5 Å². The first-order chi connectivity index (χ1) is 19.2. The number of carbonyl (C=O) groups excluding carboxylic acids is 4. The van der Waals surface area contributed by atoms with Crippen LogP contribution in [0.4, 0.5) is 5.69 Å². The van der Waals surface area contributed by atoms with Crippen molar-refractivity contribution < 1.29 is 19.2 Å². The van der Waals surface area contributed by atoms with Gasteiger partial charge >= 0.3 is 0 Å². The minimum Gasteiger partial charge on any atom is -0.354 e. The standard InChI is InChI=1S/C32H46N4O4/c1-6-8-19-33-32(40)28(22-27-16-11-10-12-17-27)34-30(38)21-25(4)36(29-18-14-13-15-24(29)3)31(39)23-35(26(5)37)20-9-7-2/h10-18,25,28H,6-9,19-23H2,1-5H3,(H,33,40)(H,34,38)/t25-,28?/m0/s1. The highest BCUT2D eigenvalue weighted by atomic mass is 16.2. The fraction of sp³-hybridized carbons (Fsp3) is 0.500. The lowest BCUT2D eigenvalue weighted by Gasteiger charge is -2.33. The molecule has 8 nitrogen and oxygen atoms in total. The zero-order chi connectivity index (χ0) is 29.5. The third-order valence-corrected chi connectivity index (χ3v) is 6.88. The second-order valence-electron chi connectivity index (χ2n) is 10.4. The molecule has 40 heavy (non-hydrogen) atoms. The van der Waals surface area contributed by atoms with Crippen LogP contribution in [0.1, 0.15) is 70.9 Å². The predicted octanol–water partition coefficient (Wildman–Crippen LogP) is 4.40. The second kappa shape index (κ2) is 17.1. The van der Waals surface area contributed by atoms with Crippen LogP contribution in [-0.2, 0) is 25.6 Å². The van der Waals surface area contributed by atoms with Gasteiger partial charge in [-0.15, -0.1) is 0 Å². The second-order valence-corrected chi connectivity index (χ2v) is 10.4. The summed E-state index contributed by atoms with van der Waals surface area (Å²) in [7, 11) is 0. The van der Waals surface area contributed by atoms with Crippen molar-refractivity contribution in [2.45, 2.75) is 85.2 Å². The number of amides is 4. The summed E-state index contributed by atoms with van der Waals surface area (Å²) >= 11 is 0. The molecule has 2 N–H and O–H groups in total. The molecule has 2 atom stereocenters. The summed E-state index contributed by atoms with van der Waals surface area (Å²) in [5.41, 5.74) is 2.54. The van der Waals surface area contributed by atoms with Crippen LogP contribution in [0.5, 0.6) is 0 Å². The van der Waals surface area contributed by atoms with Gasteiger partial charge in [0.1, 0.15) is 12.6 Å². The molecule has 0 aliphatic carbocycles. The van der Waals surface area contributed by atoms with E-state index in [9.17, 15) is 19.2 Å². The average Bonchev–Trinajstić information content (AvgIpc) is 2.92. The fourth-order valence-corrected chi connectivity index (χ4v) is 4.57. The normalized spacial score (nSPS) is 12.2. The van der Waals surface area contributed by atoms with E-state index in [-0.39, 0.29) is 36.6 Å². The Morgan fingerprint density at radius 2 is 1.55 bits per heavy atom. The van der Waals surface area contributed by atoms with Crippen LogP contribution in [0.2, 0.25) is 0 Å². The molecule has 2 aromatic rings. The SMILES string of the molecule is CCCCNC(=O)C(Cc1ccccc1)NC(=O)C[C@H](C)N(C(=O)CN(CCCC)C(C)=O)c1ccccc1C. The zero-order valence-electron chi connectivity index (χ0n) is 24.7. The van der Waals surface area contributed by atoms with Gasteiger partial charge in [-0.3, -0.25) is 19.2 Å². The molecule has 0 heterocycles. The molecule has 0 saturated heterocycles. The fourth-order valence-electron chi connectivity index (χ4n) is 4.57. The number of unbranched alkanes of at least 4 members (excludes halogenated alkanes) is 2. The van der Waals surface area contributed by atoms with Gasteiger partial charge in [-0.05, 0) is 43.9 Å². The van der Waals surface area contributed by atoms with Crippen LogP contribution in [0.25, 0.3) is 0 Å². The third kappa shape index (κ3) is 10.5. The van der Waals surface area contributed by atoms with Gasteiger partial charge in [0.15, 0.2) is 0 Å². The van der Waals surface area contributed by atoms with Crippen molar-refractivity contribution in [2.24, 2.45) is 0 Å². The summed E-state index contributed by atoms with van der Waals surface area (Å²) in [6.07, 6.45) is 3.89. The molecular weight excluding hydrogens is 504 g/mol. The van der Waals surface area contributed by atoms with Gasteiger partial charge in [0, 0.05) is 44.6 Å². The Kier molecular flexibility index (Phi) is 13.9. The molecule has 2 aromatic carbocycles. The van der Waals surface area contributed by atoms with Crippen molar-refractivity contribution in [2.75, 3.05) is 24.5 Å². The highest BCUT2D eigenvalue weighted by Crippen LogP contribution is 2.24. The monoisotopic (exact) mass is 550 g/mol. The molecule has 1 unspecified atom stereocenters. The van der Waals surface area contributed by atoms with Gasteiger partial charge in [0.05, 0.1) is 0 Å². The Morgan fingerprint density at radius 3 is 2.17 bits per heavy atom. The zero-order valence-corrected chi connectivity index (χ0v) is 24.7. The smallest absolute Gasteiger partial charge is 0.246 e. The molecule has 0 aliphatic heterocycles. The van der Waals surface area contributed by atoms with E-state index in [4.69, 9.17) is 0 Å². The molecule has 0 fully saturated rings. The maximum atomic E-state index is 13.7. The van der Waals surface area contributed by atoms with Crippen LogP contribution in [0.3, 0.4) is 0 Å².